The normalized spacial score (nSPS) is 13.2. The number of hydrogen-bond donors (Lipinski definition) is 1. The third-order valence-corrected chi connectivity index (χ3v) is 3.55. The molecule has 3 nitrogen and oxygen atoms in total. The van der Waals surface area contributed by atoms with E-state index in [0.29, 0.717) is 11.7 Å². The van der Waals surface area contributed by atoms with Crippen LogP contribution >= 0.6 is 8.25 Å². The summed E-state index contributed by atoms with van der Waals surface area (Å²) in [4.78, 5) is 8.85. The third-order valence-electron chi connectivity index (χ3n) is 3.20. The minimum atomic E-state index is -2.58. The van der Waals surface area contributed by atoms with Gasteiger partial charge in [-0.2, -0.15) is 0 Å². The van der Waals surface area contributed by atoms with Crippen LogP contribution in [0.1, 0.15) is 45.1 Å². The summed E-state index contributed by atoms with van der Waals surface area (Å²) in [6.45, 7) is 4.39. The van der Waals surface area contributed by atoms with Crippen LogP contribution in [0.15, 0.2) is 24.3 Å². The highest BCUT2D eigenvalue weighted by atomic mass is 31.1. The topological polar surface area (TPSA) is 46.5 Å². The summed E-state index contributed by atoms with van der Waals surface area (Å²) >= 11 is 0. The molecular formula is C14H22O3P+. The zero-order chi connectivity index (χ0) is 13.4. The van der Waals surface area contributed by atoms with Crippen LogP contribution in [-0.2, 0) is 11.0 Å². The summed E-state index contributed by atoms with van der Waals surface area (Å²) in [5.41, 5.74) is 1.03. The predicted octanol–water partition coefficient (Wildman–Crippen LogP) is 4.47. The second-order valence-corrected chi connectivity index (χ2v) is 5.22. The molecule has 0 aliphatic carbocycles. The Morgan fingerprint density at radius 3 is 2.67 bits per heavy atom. The van der Waals surface area contributed by atoms with E-state index >= 15 is 0 Å². The average molecular weight is 269 g/mol. The van der Waals surface area contributed by atoms with Gasteiger partial charge >= 0.3 is 8.25 Å². The molecule has 2 atom stereocenters. The molecule has 0 saturated heterocycles. The number of para-hydroxylation sites is 1. The van der Waals surface area contributed by atoms with Gasteiger partial charge in [0.05, 0.1) is 0 Å². The van der Waals surface area contributed by atoms with E-state index in [1.165, 1.54) is 19.3 Å². The largest absolute Gasteiger partial charge is 0.747 e. The lowest BCUT2D eigenvalue weighted by atomic mass is 9.92. The van der Waals surface area contributed by atoms with E-state index in [0.717, 1.165) is 18.4 Å². The molecule has 0 aromatic heterocycles. The smallest absolute Gasteiger partial charge is 0.229 e. The van der Waals surface area contributed by atoms with Crippen LogP contribution in [0.5, 0.6) is 5.75 Å². The van der Waals surface area contributed by atoms with Crippen LogP contribution < -0.4 is 4.52 Å². The van der Waals surface area contributed by atoms with Gasteiger partial charge in [0, 0.05) is 10.1 Å². The average Bonchev–Trinajstić information content (AvgIpc) is 2.35. The van der Waals surface area contributed by atoms with Gasteiger partial charge in [0.15, 0.2) is 5.75 Å². The zero-order valence-electron chi connectivity index (χ0n) is 11.1. The Balaban J connectivity index is 2.72. The Morgan fingerprint density at radius 1 is 1.33 bits per heavy atom. The molecule has 0 aliphatic rings. The molecule has 0 bridgehead atoms. The number of rotatable bonds is 8. The van der Waals surface area contributed by atoms with E-state index in [4.69, 9.17) is 9.42 Å². The van der Waals surface area contributed by atoms with Gasteiger partial charge in [-0.05, 0) is 18.4 Å². The molecular weight excluding hydrogens is 247 g/mol. The van der Waals surface area contributed by atoms with Crippen molar-refractivity contribution in [3.8, 4) is 5.75 Å². The van der Waals surface area contributed by atoms with Crippen LogP contribution in [0, 0.1) is 5.92 Å². The quantitative estimate of drug-likeness (QED) is 0.708. The van der Waals surface area contributed by atoms with Gasteiger partial charge in [-0.25, -0.2) is 4.52 Å². The molecule has 4 heteroatoms. The second kappa shape index (κ2) is 8.23. The van der Waals surface area contributed by atoms with Gasteiger partial charge in [-0.15, -0.1) is 4.89 Å². The minimum absolute atomic E-state index is 0.538. The molecule has 18 heavy (non-hydrogen) atoms. The maximum atomic E-state index is 10.8. The van der Waals surface area contributed by atoms with Crippen molar-refractivity contribution in [3.63, 3.8) is 0 Å². The van der Waals surface area contributed by atoms with Crippen molar-refractivity contribution in [2.24, 2.45) is 5.92 Å². The van der Waals surface area contributed by atoms with Crippen LogP contribution in [0.2, 0.25) is 0 Å². The van der Waals surface area contributed by atoms with Gasteiger partial charge in [0.25, 0.3) is 0 Å². The highest BCUT2D eigenvalue weighted by Crippen LogP contribution is 2.30. The third kappa shape index (κ3) is 5.16. The van der Waals surface area contributed by atoms with Gasteiger partial charge in [-0.1, -0.05) is 57.7 Å². The number of benzene rings is 1. The maximum absolute atomic E-state index is 10.8. The van der Waals surface area contributed by atoms with E-state index in [1.54, 1.807) is 6.07 Å². The van der Waals surface area contributed by atoms with E-state index < -0.39 is 8.25 Å². The highest BCUT2D eigenvalue weighted by Gasteiger charge is 2.18. The predicted molar refractivity (Wildman–Crippen MR) is 73.9 cm³/mol. The molecule has 0 saturated carbocycles. The fourth-order valence-electron chi connectivity index (χ4n) is 2.10. The maximum Gasteiger partial charge on any atom is 0.747 e. The Kier molecular flexibility index (Phi) is 6.92. The first-order valence-corrected chi connectivity index (χ1v) is 7.72. The highest BCUT2D eigenvalue weighted by molar-refractivity contribution is 7.32. The summed E-state index contributed by atoms with van der Waals surface area (Å²) in [6.07, 6.45) is 5.68. The Bertz CT molecular complexity index is 379. The van der Waals surface area contributed by atoms with Crippen molar-refractivity contribution in [2.75, 3.05) is 0 Å². The first-order chi connectivity index (χ1) is 8.67. The first-order valence-electron chi connectivity index (χ1n) is 6.59. The Labute approximate surface area is 110 Å². The van der Waals surface area contributed by atoms with Crippen LogP contribution in [0.4, 0.5) is 0 Å². The zero-order valence-corrected chi connectivity index (χ0v) is 12.0. The Hall–Kier alpha value is -0.920. The van der Waals surface area contributed by atoms with E-state index in [-0.39, 0.29) is 0 Å². The first kappa shape index (κ1) is 15.1. The molecule has 0 amide bonds. The van der Waals surface area contributed by atoms with Crippen molar-refractivity contribution in [1.82, 2.24) is 0 Å². The lowest BCUT2D eigenvalue weighted by Crippen LogP contribution is -2.04. The molecule has 0 heterocycles. The monoisotopic (exact) mass is 269 g/mol. The second-order valence-electron chi connectivity index (χ2n) is 4.56. The van der Waals surface area contributed by atoms with Crippen molar-refractivity contribution in [3.05, 3.63) is 29.8 Å². The Morgan fingerprint density at radius 2 is 2.06 bits per heavy atom. The van der Waals surface area contributed by atoms with Crippen molar-refractivity contribution in [2.45, 2.75) is 46.0 Å². The number of unbranched alkanes of at least 4 members (excludes halogenated alkanes) is 1. The summed E-state index contributed by atoms with van der Waals surface area (Å²) in [6, 6.07) is 7.50. The van der Waals surface area contributed by atoms with E-state index in [1.807, 2.05) is 18.2 Å². The SMILES string of the molecule is CCCCC(CC)Cc1ccccc1O[P+](=O)O. The van der Waals surface area contributed by atoms with Gasteiger partial charge < -0.3 is 0 Å². The summed E-state index contributed by atoms with van der Waals surface area (Å²) < 4.78 is 15.7. The number of hydrogen-bond acceptors (Lipinski definition) is 2. The summed E-state index contributed by atoms with van der Waals surface area (Å²) in [7, 11) is -2.58. The molecule has 0 fully saturated rings. The van der Waals surface area contributed by atoms with Crippen LogP contribution in [0.3, 0.4) is 0 Å². The van der Waals surface area contributed by atoms with Crippen LogP contribution in [0.25, 0.3) is 0 Å². The fraction of sp³-hybridized carbons (Fsp3) is 0.571. The molecule has 0 aliphatic heterocycles. The van der Waals surface area contributed by atoms with Crippen molar-refractivity contribution < 1.29 is 14.0 Å². The lowest BCUT2D eigenvalue weighted by molar-refractivity contribution is 0.402. The molecule has 1 N–H and O–H groups in total. The van der Waals surface area contributed by atoms with Gasteiger partial charge in [0.2, 0.25) is 0 Å². The van der Waals surface area contributed by atoms with Crippen LogP contribution in [-0.4, -0.2) is 4.89 Å². The van der Waals surface area contributed by atoms with Gasteiger partial charge in [-0.3, -0.25) is 0 Å². The molecule has 1 rings (SSSR count). The standard InChI is InChI=1S/C14H21O3P/c1-3-5-8-12(4-2)11-13-9-6-7-10-14(13)17-18(15)16/h6-7,9-10,12H,3-5,8,11H2,1-2H3/p+1. The van der Waals surface area contributed by atoms with Crippen molar-refractivity contribution >= 4 is 8.25 Å². The fourth-order valence-corrected chi connectivity index (χ4v) is 2.45. The molecule has 1 aromatic carbocycles. The molecule has 1 aromatic rings. The van der Waals surface area contributed by atoms with Gasteiger partial charge in [0.1, 0.15) is 0 Å². The minimum Gasteiger partial charge on any atom is -0.229 e. The van der Waals surface area contributed by atoms with Crippen molar-refractivity contribution in [1.29, 1.82) is 0 Å². The van der Waals surface area contributed by atoms with E-state index in [2.05, 4.69) is 13.8 Å². The molecule has 0 spiro atoms. The summed E-state index contributed by atoms with van der Waals surface area (Å²) in [5.74, 6) is 1.15. The summed E-state index contributed by atoms with van der Waals surface area (Å²) in [5, 5.41) is 0. The van der Waals surface area contributed by atoms with E-state index in [9.17, 15) is 4.57 Å². The lowest BCUT2D eigenvalue weighted by Gasteiger charge is -2.14. The molecule has 100 valence electrons. The molecule has 2 unspecified atom stereocenters. The molecule has 0 radical (unpaired) electrons.